The maximum atomic E-state index is 12.2. The Balaban J connectivity index is 1.72. The Hall–Kier alpha value is -1.79. The molecule has 0 saturated heterocycles. The molecule has 0 radical (unpaired) electrons. The fourth-order valence-electron chi connectivity index (χ4n) is 1.92. The SMILES string of the molecule is O=C(NCCSCc1ccc(Cl)cc1)c1cccc(OC(F)F)c1. The molecule has 0 aliphatic carbocycles. The average Bonchev–Trinajstić information content (AvgIpc) is 2.55. The average molecular weight is 372 g/mol. The van der Waals surface area contributed by atoms with Gasteiger partial charge in [0.15, 0.2) is 0 Å². The van der Waals surface area contributed by atoms with E-state index in [1.807, 2.05) is 24.3 Å². The topological polar surface area (TPSA) is 38.3 Å². The highest BCUT2D eigenvalue weighted by Gasteiger charge is 2.09. The molecule has 2 aromatic carbocycles. The molecule has 0 aromatic heterocycles. The van der Waals surface area contributed by atoms with E-state index in [2.05, 4.69) is 10.1 Å². The molecule has 0 fully saturated rings. The second-order valence-corrected chi connectivity index (χ2v) is 6.38. The molecule has 0 heterocycles. The van der Waals surface area contributed by atoms with Crippen LogP contribution in [0.3, 0.4) is 0 Å². The van der Waals surface area contributed by atoms with Crippen molar-refractivity contribution in [2.45, 2.75) is 12.4 Å². The van der Waals surface area contributed by atoms with Gasteiger partial charge < -0.3 is 10.1 Å². The maximum Gasteiger partial charge on any atom is 0.387 e. The zero-order chi connectivity index (χ0) is 17.4. The molecule has 1 N–H and O–H groups in total. The van der Waals surface area contributed by atoms with Crippen LogP contribution in [0.5, 0.6) is 5.75 Å². The van der Waals surface area contributed by atoms with Crippen molar-refractivity contribution in [1.29, 1.82) is 0 Å². The molecule has 0 saturated carbocycles. The van der Waals surface area contributed by atoms with Crippen LogP contribution in [0.2, 0.25) is 5.02 Å². The van der Waals surface area contributed by atoms with Crippen molar-refractivity contribution in [2.75, 3.05) is 12.3 Å². The van der Waals surface area contributed by atoms with Gasteiger partial charge in [0, 0.05) is 28.6 Å². The first-order valence-corrected chi connectivity index (χ1v) is 8.73. The number of hydrogen-bond acceptors (Lipinski definition) is 3. The van der Waals surface area contributed by atoms with Gasteiger partial charge in [-0.3, -0.25) is 4.79 Å². The summed E-state index contributed by atoms with van der Waals surface area (Å²) in [5.74, 6) is 1.21. The van der Waals surface area contributed by atoms with Crippen LogP contribution < -0.4 is 10.1 Å². The number of benzene rings is 2. The maximum absolute atomic E-state index is 12.2. The second kappa shape index (κ2) is 9.49. The predicted octanol–water partition coefficient (Wildman–Crippen LogP) is 4.60. The zero-order valence-corrected chi connectivity index (χ0v) is 14.2. The summed E-state index contributed by atoms with van der Waals surface area (Å²) in [7, 11) is 0. The monoisotopic (exact) mass is 371 g/mol. The minimum Gasteiger partial charge on any atom is -0.435 e. The molecule has 1 amide bonds. The van der Waals surface area contributed by atoms with Crippen molar-refractivity contribution in [3.8, 4) is 5.75 Å². The van der Waals surface area contributed by atoms with Crippen molar-refractivity contribution >= 4 is 29.3 Å². The first-order chi connectivity index (χ1) is 11.5. The fourth-order valence-corrected chi connectivity index (χ4v) is 2.87. The van der Waals surface area contributed by atoms with Crippen LogP contribution in [-0.4, -0.2) is 24.8 Å². The minimum atomic E-state index is -2.91. The highest BCUT2D eigenvalue weighted by molar-refractivity contribution is 7.98. The third-order valence-corrected chi connectivity index (χ3v) is 4.32. The smallest absolute Gasteiger partial charge is 0.387 e. The number of thioether (sulfide) groups is 1. The lowest BCUT2D eigenvalue weighted by Gasteiger charge is -2.08. The van der Waals surface area contributed by atoms with E-state index in [9.17, 15) is 13.6 Å². The fraction of sp³-hybridized carbons (Fsp3) is 0.235. The molecule has 24 heavy (non-hydrogen) atoms. The van der Waals surface area contributed by atoms with Crippen molar-refractivity contribution in [1.82, 2.24) is 5.32 Å². The highest BCUT2D eigenvalue weighted by atomic mass is 35.5. The molecule has 0 unspecified atom stereocenters. The summed E-state index contributed by atoms with van der Waals surface area (Å²) in [6.07, 6.45) is 0. The summed E-state index contributed by atoms with van der Waals surface area (Å²) in [5, 5.41) is 3.45. The van der Waals surface area contributed by atoms with Gasteiger partial charge in [0.1, 0.15) is 5.75 Å². The Bertz CT molecular complexity index is 668. The number of hydrogen-bond donors (Lipinski definition) is 1. The van der Waals surface area contributed by atoms with Crippen LogP contribution in [0.15, 0.2) is 48.5 Å². The third-order valence-electron chi connectivity index (χ3n) is 3.04. The lowest BCUT2D eigenvalue weighted by atomic mass is 10.2. The van der Waals surface area contributed by atoms with Crippen LogP contribution >= 0.6 is 23.4 Å². The quantitative estimate of drug-likeness (QED) is 0.689. The van der Waals surface area contributed by atoms with Gasteiger partial charge in [0.05, 0.1) is 0 Å². The molecule has 2 aromatic rings. The van der Waals surface area contributed by atoms with E-state index < -0.39 is 6.61 Å². The van der Waals surface area contributed by atoms with Crippen LogP contribution in [0.25, 0.3) is 0 Å². The lowest BCUT2D eigenvalue weighted by Crippen LogP contribution is -2.25. The van der Waals surface area contributed by atoms with Gasteiger partial charge in [-0.25, -0.2) is 0 Å². The van der Waals surface area contributed by atoms with Crippen LogP contribution in [-0.2, 0) is 5.75 Å². The number of carbonyl (C=O) groups excluding carboxylic acids is 1. The molecule has 0 bridgehead atoms. The van der Waals surface area contributed by atoms with Crippen molar-refractivity contribution in [3.63, 3.8) is 0 Å². The first kappa shape index (κ1) is 18.5. The number of nitrogens with one attached hydrogen (secondary N) is 1. The number of amides is 1. The Labute approximate surface area is 148 Å². The van der Waals surface area contributed by atoms with Crippen LogP contribution in [0.1, 0.15) is 15.9 Å². The number of rotatable bonds is 8. The number of alkyl halides is 2. The Kier molecular flexibility index (Phi) is 7.34. The van der Waals surface area contributed by atoms with Crippen LogP contribution in [0, 0.1) is 0 Å². The standard InChI is InChI=1S/C17H16ClF2NO2S/c18-14-6-4-12(5-7-14)11-24-9-8-21-16(22)13-2-1-3-15(10-13)23-17(19)20/h1-7,10,17H,8-9,11H2,(H,21,22). The van der Waals surface area contributed by atoms with Gasteiger partial charge in [-0.2, -0.15) is 20.5 Å². The first-order valence-electron chi connectivity index (χ1n) is 7.20. The van der Waals surface area contributed by atoms with Crippen molar-refractivity contribution < 1.29 is 18.3 Å². The number of carbonyl (C=O) groups is 1. The Morgan fingerprint density at radius 1 is 1.21 bits per heavy atom. The molecule has 0 atom stereocenters. The zero-order valence-electron chi connectivity index (χ0n) is 12.7. The summed E-state index contributed by atoms with van der Waals surface area (Å²) in [6.45, 7) is -2.43. The predicted molar refractivity (Wildman–Crippen MR) is 93.0 cm³/mol. The summed E-state index contributed by atoms with van der Waals surface area (Å²) in [4.78, 5) is 12.0. The highest BCUT2D eigenvalue weighted by Crippen LogP contribution is 2.17. The van der Waals surface area contributed by atoms with E-state index in [1.165, 1.54) is 18.2 Å². The largest absolute Gasteiger partial charge is 0.435 e. The van der Waals surface area contributed by atoms with Crippen molar-refractivity contribution in [3.05, 3.63) is 64.7 Å². The van der Waals surface area contributed by atoms with E-state index in [1.54, 1.807) is 17.8 Å². The number of halogens is 3. The van der Waals surface area contributed by atoms with Gasteiger partial charge in [-0.15, -0.1) is 0 Å². The molecule has 0 aliphatic heterocycles. The summed E-state index contributed by atoms with van der Waals surface area (Å²) in [5.41, 5.74) is 1.45. The second-order valence-electron chi connectivity index (χ2n) is 4.84. The Morgan fingerprint density at radius 3 is 2.67 bits per heavy atom. The van der Waals surface area contributed by atoms with E-state index in [0.717, 1.165) is 17.1 Å². The third kappa shape index (κ3) is 6.37. The molecule has 7 heteroatoms. The molecule has 2 rings (SSSR count). The molecule has 0 spiro atoms. The van der Waals surface area contributed by atoms with Gasteiger partial charge >= 0.3 is 6.61 Å². The number of ether oxygens (including phenoxy) is 1. The summed E-state index contributed by atoms with van der Waals surface area (Å²) < 4.78 is 28.6. The van der Waals surface area contributed by atoms with Gasteiger partial charge in [0.25, 0.3) is 5.91 Å². The normalized spacial score (nSPS) is 10.7. The van der Waals surface area contributed by atoms with Gasteiger partial charge in [-0.05, 0) is 35.9 Å². The lowest BCUT2D eigenvalue weighted by molar-refractivity contribution is -0.0498. The van der Waals surface area contributed by atoms with Gasteiger partial charge in [0.2, 0.25) is 0 Å². The van der Waals surface area contributed by atoms with E-state index in [4.69, 9.17) is 11.6 Å². The minimum absolute atomic E-state index is 0.0326. The molecule has 3 nitrogen and oxygen atoms in total. The van der Waals surface area contributed by atoms with E-state index >= 15 is 0 Å². The summed E-state index contributed by atoms with van der Waals surface area (Å²) >= 11 is 7.50. The van der Waals surface area contributed by atoms with E-state index in [0.29, 0.717) is 11.6 Å². The van der Waals surface area contributed by atoms with Crippen LogP contribution in [0.4, 0.5) is 8.78 Å². The Morgan fingerprint density at radius 2 is 1.96 bits per heavy atom. The van der Waals surface area contributed by atoms with Gasteiger partial charge in [-0.1, -0.05) is 29.8 Å². The molecule has 0 aliphatic rings. The summed E-state index contributed by atoms with van der Waals surface area (Å²) in [6, 6.07) is 13.3. The van der Waals surface area contributed by atoms with E-state index in [-0.39, 0.29) is 17.2 Å². The molecular weight excluding hydrogens is 356 g/mol. The molecule has 128 valence electrons. The molecular formula is C17H16ClF2NO2S. The van der Waals surface area contributed by atoms with Crippen molar-refractivity contribution in [2.24, 2.45) is 0 Å².